The van der Waals surface area contributed by atoms with Crippen molar-refractivity contribution in [1.82, 2.24) is 5.32 Å². The van der Waals surface area contributed by atoms with E-state index in [0.29, 0.717) is 40.5 Å². The van der Waals surface area contributed by atoms with Gasteiger partial charge in [0, 0.05) is 22.7 Å². The lowest BCUT2D eigenvalue weighted by Crippen LogP contribution is -2.46. The number of carbonyl (C=O) groups excluding carboxylic acids is 2. The molecule has 0 saturated heterocycles. The fraction of sp³-hybridized carbons (Fsp3) is 0.400. The Balaban J connectivity index is 2.14. The minimum absolute atomic E-state index is 0.0975. The van der Waals surface area contributed by atoms with E-state index in [1.54, 1.807) is 36.4 Å². The van der Waals surface area contributed by atoms with Crippen LogP contribution in [0.25, 0.3) is 0 Å². The Morgan fingerprint density at radius 1 is 1.22 bits per heavy atom. The summed E-state index contributed by atoms with van der Waals surface area (Å²) in [6, 6.07) is 10.6. The van der Waals surface area contributed by atoms with Gasteiger partial charge in [-0.05, 0) is 42.7 Å². The van der Waals surface area contributed by atoms with Crippen LogP contribution in [0.15, 0.2) is 47.5 Å². The monoisotopic (exact) mass is 457 g/mol. The van der Waals surface area contributed by atoms with Crippen molar-refractivity contribution in [2.45, 2.75) is 46.1 Å². The van der Waals surface area contributed by atoms with Crippen molar-refractivity contribution in [3.8, 4) is 0 Å². The van der Waals surface area contributed by atoms with E-state index in [1.165, 1.54) is 11.0 Å². The fourth-order valence-electron chi connectivity index (χ4n) is 3.70. The van der Waals surface area contributed by atoms with Gasteiger partial charge in [-0.3, -0.25) is 14.6 Å². The quantitative estimate of drug-likeness (QED) is 0.567. The molecule has 7 heteroatoms. The number of aliphatic imine (C=N–C) groups is 1. The lowest BCUT2D eigenvalue weighted by molar-refractivity contribution is -0.124. The molecule has 3 rings (SSSR count). The molecule has 2 aromatic rings. The number of halogens is 2. The second-order valence-corrected chi connectivity index (χ2v) is 8.51. The minimum Gasteiger partial charge on any atom is -0.355 e. The number of nitrogens with zero attached hydrogens (tertiary/aromatic N) is 2. The van der Waals surface area contributed by atoms with E-state index < -0.39 is 11.9 Å². The van der Waals surface area contributed by atoms with Crippen LogP contribution >= 0.6 is 11.6 Å². The average molecular weight is 458 g/mol. The van der Waals surface area contributed by atoms with Crippen molar-refractivity contribution >= 4 is 34.8 Å². The smallest absolute Gasteiger partial charge is 0.252 e. The summed E-state index contributed by atoms with van der Waals surface area (Å²) in [5.41, 5.74) is 1.69. The molecule has 1 aliphatic rings. The Morgan fingerprint density at radius 2 is 1.97 bits per heavy atom. The van der Waals surface area contributed by atoms with E-state index in [0.717, 1.165) is 12.8 Å². The zero-order chi connectivity index (χ0) is 23.3. The summed E-state index contributed by atoms with van der Waals surface area (Å²) in [6.07, 6.45) is 2.53. The number of benzene rings is 2. The Kier molecular flexibility index (Phi) is 8.02. The highest BCUT2D eigenvalue weighted by Crippen LogP contribution is 2.33. The van der Waals surface area contributed by atoms with Crippen LogP contribution < -0.4 is 10.2 Å². The maximum absolute atomic E-state index is 14.8. The molecule has 5 nitrogen and oxygen atoms in total. The van der Waals surface area contributed by atoms with Gasteiger partial charge in [-0.1, -0.05) is 57.3 Å². The number of hydrogen-bond donors (Lipinski definition) is 1. The third kappa shape index (κ3) is 5.18. The van der Waals surface area contributed by atoms with E-state index in [9.17, 15) is 14.0 Å². The predicted molar refractivity (Wildman–Crippen MR) is 127 cm³/mol. The molecule has 0 fully saturated rings. The number of amides is 2. The number of rotatable bonds is 8. The summed E-state index contributed by atoms with van der Waals surface area (Å²) >= 11 is 6.29. The molecular weight excluding hydrogens is 429 g/mol. The van der Waals surface area contributed by atoms with Gasteiger partial charge in [0.15, 0.2) is 0 Å². The highest BCUT2D eigenvalue weighted by molar-refractivity contribution is 6.32. The second kappa shape index (κ2) is 10.7. The normalized spacial score (nSPS) is 16.8. The van der Waals surface area contributed by atoms with Crippen LogP contribution in [-0.4, -0.2) is 36.7 Å². The molecule has 0 aliphatic carbocycles. The highest BCUT2D eigenvalue weighted by atomic mass is 35.5. The number of benzodiazepines with no additional fused rings is 1. The first-order chi connectivity index (χ1) is 15.4. The third-order valence-electron chi connectivity index (χ3n) is 5.76. The zero-order valence-corrected chi connectivity index (χ0v) is 19.5. The number of carbonyl (C=O) groups is 2. The highest BCUT2D eigenvalue weighted by Gasteiger charge is 2.36. The van der Waals surface area contributed by atoms with Crippen molar-refractivity contribution in [2.75, 3.05) is 18.0 Å². The number of hydrogen-bond acceptors (Lipinski definition) is 3. The molecule has 0 bridgehead atoms. The Labute approximate surface area is 193 Å². The Bertz CT molecular complexity index is 1020. The summed E-state index contributed by atoms with van der Waals surface area (Å²) in [5.74, 6) is -1.05. The lowest BCUT2D eigenvalue weighted by Gasteiger charge is -2.26. The average Bonchev–Trinajstić information content (AvgIpc) is 2.89. The van der Waals surface area contributed by atoms with Crippen LogP contribution in [0.2, 0.25) is 5.02 Å². The zero-order valence-electron chi connectivity index (χ0n) is 18.7. The van der Waals surface area contributed by atoms with Crippen molar-refractivity contribution in [2.24, 2.45) is 10.9 Å². The summed E-state index contributed by atoms with van der Waals surface area (Å²) in [5, 5.41) is 3.31. The van der Waals surface area contributed by atoms with E-state index in [2.05, 4.69) is 5.32 Å². The van der Waals surface area contributed by atoms with Gasteiger partial charge in [0.1, 0.15) is 18.4 Å². The number of nitrogens with one attached hydrogen (secondary N) is 1. The van der Waals surface area contributed by atoms with Crippen molar-refractivity contribution in [1.29, 1.82) is 0 Å². The molecule has 2 atom stereocenters. The SMILES string of the molecule is CCCCNC(=O)CN1C(=O)C(C(C)CC)N=C(c2ccccc2F)c2cc(Cl)ccc21. The first kappa shape index (κ1) is 23.9. The minimum atomic E-state index is -0.746. The molecule has 0 saturated carbocycles. The van der Waals surface area contributed by atoms with Gasteiger partial charge in [-0.25, -0.2) is 4.39 Å². The first-order valence-corrected chi connectivity index (χ1v) is 11.5. The van der Waals surface area contributed by atoms with Gasteiger partial charge in [-0.2, -0.15) is 0 Å². The van der Waals surface area contributed by atoms with Crippen molar-refractivity contribution in [3.63, 3.8) is 0 Å². The predicted octanol–water partition coefficient (Wildman–Crippen LogP) is 4.99. The van der Waals surface area contributed by atoms with Gasteiger partial charge in [-0.15, -0.1) is 0 Å². The van der Waals surface area contributed by atoms with Crippen LogP contribution in [0.1, 0.15) is 51.2 Å². The summed E-state index contributed by atoms with van der Waals surface area (Å²) in [7, 11) is 0. The maximum Gasteiger partial charge on any atom is 0.252 e. The van der Waals surface area contributed by atoms with Gasteiger partial charge in [0.05, 0.1) is 11.4 Å². The molecule has 1 aliphatic heterocycles. The Hall–Kier alpha value is -2.73. The van der Waals surface area contributed by atoms with Crippen LogP contribution in [-0.2, 0) is 9.59 Å². The molecule has 32 heavy (non-hydrogen) atoms. The van der Waals surface area contributed by atoms with Crippen LogP contribution in [0.5, 0.6) is 0 Å². The van der Waals surface area contributed by atoms with Crippen LogP contribution in [0.3, 0.4) is 0 Å². The molecule has 0 spiro atoms. The standard InChI is InChI=1S/C25H29ClFN3O2/c1-4-6-13-28-22(31)15-30-21-12-11-17(26)14-19(21)24(18-9-7-8-10-20(18)27)29-23(25(30)32)16(3)5-2/h7-12,14,16,23H,4-6,13,15H2,1-3H3,(H,28,31). The van der Waals surface area contributed by atoms with Gasteiger partial charge in [0.2, 0.25) is 5.91 Å². The summed E-state index contributed by atoms with van der Waals surface area (Å²) in [4.78, 5) is 32.5. The van der Waals surface area contributed by atoms with Crippen molar-refractivity contribution < 1.29 is 14.0 Å². The maximum atomic E-state index is 14.8. The van der Waals surface area contributed by atoms with E-state index in [4.69, 9.17) is 16.6 Å². The Morgan fingerprint density at radius 3 is 2.66 bits per heavy atom. The number of unbranched alkanes of at least 4 members (excludes halogenated alkanes) is 1. The van der Waals surface area contributed by atoms with E-state index >= 15 is 0 Å². The van der Waals surface area contributed by atoms with Crippen molar-refractivity contribution in [3.05, 3.63) is 64.4 Å². The van der Waals surface area contributed by atoms with Crippen LogP contribution in [0.4, 0.5) is 10.1 Å². The molecule has 0 radical (unpaired) electrons. The number of fused-ring (bicyclic) bond motifs is 1. The second-order valence-electron chi connectivity index (χ2n) is 8.08. The molecule has 2 unspecified atom stereocenters. The van der Waals surface area contributed by atoms with Gasteiger partial charge < -0.3 is 10.2 Å². The lowest BCUT2D eigenvalue weighted by atomic mass is 9.97. The largest absolute Gasteiger partial charge is 0.355 e. The molecule has 2 aromatic carbocycles. The molecule has 2 amide bonds. The topological polar surface area (TPSA) is 61.8 Å². The summed E-state index contributed by atoms with van der Waals surface area (Å²) in [6.45, 7) is 6.38. The molecular formula is C25H29ClFN3O2. The number of anilines is 1. The van der Waals surface area contributed by atoms with Gasteiger partial charge >= 0.3 is 0 Å². The fourth-order valence-corrected chi connectivity index (χ4v) is 3.88. The molecule has 1 N–H and O–H groups in total. The van der Waals surface area contributed by atoms with Gasteiger partial charge in [0.25, 0.3) is 5.91 Å². The molecule has 170 valence electrons. The summed E-state index contributed by atoms with van der Waals surface area (Å²) < 4.78 is 14.8. The first-order valence-electron chi connectivity index (χ1n) is 11.1. The molecule has 0 aromatic heterocycles. The van der Waals surface area contributed by atoms with Crippen LogP contribution in [0, 0.1) is 11.7 Å². The van der Waals surface area contributed by atoms with E-state index in [1.807, 2.05) is 20.8 Å². The molecule has 1 heterocycles. The van der Waals surface area contributed by atoms with E-state index in [-0.39, 0.29) is 24.3 Å². The third-order valence-corrected chi connectivity index (χ3v) is 5.99.